The fraction of sp³-hybridized carbons (Fsp3) is 0.250. The van der Waals surface area contributed by atoms with Gasteiger partial charge in [0.15, 0.2) is 17.2 Å². The standard InChI is InChI=1S/C8H10N2O6S/c9-4-3-5-8(14-2-1-11)6(10)7(4)16-17(12,13)15-5/h3,11H,1-2,9-10H2. The van der Waals surface area contributed by atoms with Crippen molar-refractivity contribution in [3.8, 4) is 17.2 Å². The van der Waals surface area contributed by atoms with Gasteiger partial charge in [0.2, 0.25) is 0 Å². The number of fused-ring (bicyclic) bond motifs is 4. The molecule has 1 aromatic rings. The average molecular weight is 262 g/mol. The molecule has 2 heterocycles. The molecule has 3 rings (SSSR count). The maximum absolute atomic E-state index is 11.3. The number of rotatable bonds is 3. The first-order valence-corrected chi connectivity index (χ1v) is 5.87. The lowest BCUT2D eigenvalue weighted by atomic mass is 10.2. The second-order valence-electron chi connectivity index (χ2n) is 3.18. The lowest BCUT2D eigenvalue weighted by Crippen LogP contribution is -2.14. The van der Waals surface area contributed by atoms with Gasteiger partial charge in [-0.25, -0.2) is 0 Å². The highest BCUT2D eigenvalue weighted by Crippen LogP contribution is 2.48. The number of nitrogen functional groups attached to an aromatic ring is 2. The first-order chi connectivity index (χ1) is 7.94. The van der Waals surface area contributed by atoms with Crippen molar-refractivity contribution in [2.75, 3.05) is 24.7 Å². The normalized spacial score (nSPS) is 15.8. The zero-order chi connectivity index (χ0) is 12.6. The largest absolute Gasteiger partial charge is 0.501 e. The highest BCUT2D eigenvalue weighted by atomic mass is 32.3. The molecule has 0 amide bonds. The van der Waals surface area contributed by atoms with Gasteiger partial charge in [-0.3, -0.25) is 0 Å². The van der Waals surface area contributed by atoms with Gasteiger partial charge >= 0.3 is 10.4 Å². The van der Waals surface area contributed by atoms with Crippen molar-refractivity contribution in [1.29, 1.82) is 0 Å². The summed E-state index contributed by atoms with van der Waals surface area (Å²) in [5, 5.41) is 8.64. The summed E-state index contributed by atoms with van der Waals surface area (Å²) in [6, 6.07) is 1.23. The minimum Gasteiger partial charge on any atom is -0.485 e. The second kappa shape index (κ2) is 3.86. The van der Waals surface area contributed by atoms with Crippen molar-refractivity contribution in [2.24, 2.45) is 0 Å². The van der Waals surface area contributed by atoms with Crippen molar-refractivity contribution in [3.05, 3.63) is 6.07 Å². The molecule has 2 aliphatic heterocycles. The number of hydrogen-bond acceptors (Lipinski definition) is 8. The van der Waals surface area contributed by atoms with Gasteiger partial charge in [0.25, 0.3) is 0 Å². The molecule has 0 saturated heterocycles. The first-order valence-electron chi connectivity index (χ1n) is 4.54. The van der Waals surface area contributed by atoms with Gasteiger partial charge in [-0.05, 0) is 0 Å². The van der Waals surface area contributed by atoms with Crippen LogP contribution < -0.4 is 24.6 Å². The Morgan fingerprint density at radius 3 is 2.71 bits per heavy atom. The summed E-state index contributed by atoms with van der Waals surface area (Å²) in [7, 11) is -4.25. The van der Waals surface area contributed by atoms with E-state index < -0.39 is 10.4 Å². The summed E-state index contributed by atoms with van der Waals surface area (Å²) in [6.45, 7) is -0.323. The number of aliphatic hydroxyl groups excluding tert-OH is 1. The Morgan fingerprint density at radius 1 is 1.35 bits per heavy atom. The molecule has 0 aromatic heterocycles. The van der Waals surface area contributed by atoms with Crippen molar-refractivity contribution in [2.45, 2.75) is 0 Å². The molecule has 8 nitrogen and oxygen atoms in total. The van der Waals surface area contributed by atoms with Crippen molar-refractivity contribution < 1.29 is 26.6 Å². The molecule has 0 aliphatic carbocycles. The van der Waals surface area contributed by atoms with Gasteiger partial charge in [0, 0.05) is 6.07 Å². The summed E-state index contributed by atoms with van der Waals surface area (Å²) in [5.41, 5.74) is 11.1. The molecule has 0 atom stereocenters. The lowest BCUT2D eigenvalue weighted by molar-refractivity contribution is 0.200. The summed E-state index contributed by atoms with van der Waals surface area (Å²) < 4.78 is 36.8. The quantitative estimate of drug-likeness (QED) is 0.605. The minimum absolute atomic E-state index is 0.0231. The molecular formula is C8H10N2O6S. The van der Waals surface area contributed by atoms with Crippen LogP contribution >= 0.6 is 0 Å². The Morgan fingerprint density at radius 2 is 2.06 bits per heavy atom. The van der Waals surface area contributed by atoms with E-state index in [-0.39, 0.29) is 41.8 Å². The van der Waals surface area contributed by atoms with Crippen LogP contribution in [0.3, 0.4) is 0 Å². The van der Waals surface area contributed by atoms with Crippen molar-refractivity contribution in [3.63, 3.8) is 0 Å². The third-order valence-corrected chi connectivity index (χ3v) is 2.73. The number of ether oxygens (including phenoxy) is 1. The SMILES string of the molecule is Nc1cc2c(OCCO)c(N)c1OS(=O)(=O)O2. The molecule has 2 bridgehead atoms. The van der Waals surface area contributed by atoms with Crippen LogP contribution in [0.15, 0.2) is 6.07 Å². The van der Waals surface area contributed by atoms with Crippen LogP contribution in [0.5, 0.6) is 17.2 Å². The fourth-order valence-electron chi connectivity index (χ4n) is 1.34. The molecule has 9 heteroatoms. The van der Waals surface area contributed by atoms with Crippen LogP contribution in [0.1, 0.15) is 0 Å². The smallest absolute Gasteiger partial charge is 0.485 e. The minimum atomic E-state index is -4.25. The molecule has 0 unspecified atom stereocenters. The van der Waals surface area contributed by atoms with E-state index in [1.807, 2.05) is 0 Å². The lowest BCUT2D eigenvalue weighted by Gasteiger charge is -2.10. The highest BCUT2D eigenvalue weighted by Gasteiger charge is 2.31. The van der Waals surface area contributed by atoms with Gasteiger partial charge < -0.3 is 29.7 Å². The van der Waals surface area contributed by atoms with E-state index >= 15 is 0 Å². The summed E-state index contributed by atoms with van der Waals surface area (Å²) in [6.07, 6.45) is 0. The van der Waals surface area contributed by atoms with E-state index in [0.29, 0.717) is 0 Å². The van der Waals surface area contributed by atoms with E-state index in [9.17, 15) is 8.42 Å². The Labute approximate surface area is 97.0 Å². The molecule has 0 spiro atoms. The Bertz CT molecular complexity index is 556. The molecule has 0 radical (unpaired) electrons. The first kappa shape index (κ1) is 11.6. The highest BCUT2D eigenvalue weighted by molar-refractivity contribution is 7.82. The molecule has 0 fully saturated rings. The van der Waals surface area contributed by atoms with Crippen molar-refractivity contribution in [1.82, 2.24) is 0 Å². The topological polar surface area (TPSA) is 134 Å². The number of hydrogen-bond donors (Lipinski definition) is 3. The van der Waals surface area contributed by atoms with Gasteiger partial charge in [-0.2, -0.15) is 0 Å². The number of benzene rings is 1. The third kappa shape index (κ3) is 2.01. The molecule has 17 heavy (non-hydrogen) atoms. The van der Waals surface area contributed by atoms with Crippen LogP contribution in [0.4, 0.5) is 11.4 Å². The fourth-order valence-corrected chi connectivity index (χ4v) is 2.11. The Kier molecular flexibility index (Phi) is 2.63. The molecule has 0 saturated carbocycles. The molecule has 2 aliphatic rings. The Balaban J connectivity index is 2.56. The van der Waals surface area contributed by atoms with Crippen LogP contribution in [-0.4, -0.2) is 26.7 Å². The molecule has 5 N–H and O–H groups in total. The third-order valence-electron chi connectivity index (χ3n) is 1.98. The van der Waals surface area contributed by atoms with E-state index in [1.165, 1.54) is 6.07 Å². The number of nitrogens with two attached hydrogens (primary N) is 2. The van der Waals surface area contributed by atoms with Crippen LogP contribution in [0.2, 0.25) is 0 Å². The molecule has 94 valence electrons. The van der Waals surface area contributed by atoms with E-state index in [1.54, 1.807) is 0 Å². The summed E-state index contributed by atoms with van der Waals surface area (Å²) >= 11 is 0. The Hall–Kier alpha value is -1.87. The van der Waals surface area contributed by atoms with Gasteiger partial charge in [-0.15, -0.1) is 8.42 Å². The molecular weight excluding hydrogens is 252 g/mol. The average Bonchev–Trinajstić information content (AvgIpc) is 2.39. The van der Waals surface area contributed by atoms with E-state index in [4.69, 9.17) is 21.3 Å². The van der Waals surface area contributed by atoms with Gasteiger partial charge in [0.05, 0.1) is 12.3 Å². The maximum Gasteiger partial charge on any atom is 0.501 e. The van der Waals surface area contributed by atoms with Crippen LogP contribution in [-0.2, 0) is 10.4 Å². The van der Waals surface area contributed by atoms with Crippen LogP contribution in [0.25, 0.3) is 0 Å². The van der Waals surface area contributed by atoms with Crippen molar-refractivity contribution >= 4 is 21.8 Å². The maximum atomic E-state index is 11.3. The predicted molar refractivity (Wildman–Crippen MR) is 58.0 cm³/mol. The predicted octanol–water partition coefficient (Wildman–Crippen LogP) is -0.762. The monoisotopic (exact) mass is 262 g/mol. The second-order valence-corrected chi connectivity index (χ2v) is 4.33. The van der Waals surface area contributed by atoms with Crippen LogP contribution in [0, 0.1) is 0 Å². The van der Waals surface area contributed by atoms with Gasteiger partial charge in [-0.1, -0.05) is 0 Å². The van der Waals surface area contributed by atoms with Gasteiger partial charge in [0.1, 0.15) is 12.3 Å². The summed E-state index contributed by atoms with van der Waals surface area (Å²) in [5.74, 6) is -0.432. The van der Waals surface area contributed by atoms with E-state index in [0.717, 1.165) is 0 Å². The zero-order valence-electron chi connectivity index (χ0n) is 8.54. The number of anilines is 2. The zero-order valence-corrected chi connectivity index (χ0v) is 9.36. The van der Waals surface area contributed by atoms with E-state index in [2.05, 4.69) is 8.37 Å². The number of aliphatic hydroxyl groups is 1. The molecule has 1 aromatic carbocycles. The summed E-state index contributed by atoms with van der Waals surface area (Å²) in [4.78, 5) is 0.